The standard InChI is InChI=1S/C11H12N3/c1-8-7-9-11(13(8)2)14-6-4-3-5-10(14)12-9/h3-6H,7H2,1-2H3/q+1. The lowest BCUT2D eigenvalue weighted by Crippen LogP contribution is -2.05. The van der Waals surface area contributed by atoms with Crippen LogP contribution in [0.5, 0.6) is 0 Å². The number of aromatic nitrogens is 2. The predicted octanol–water partition coefficient (Wildman–Crippen LogP) is 1.63. The first-order valence-electron chi connectivity index (χ1n) is 4.79. The van der Waals surface area contributed by atoms with Crippen LogP contribution in [0.25, 0.3) is 5.65 Å². The molecule has 1 aliphatic heterocycles. The summed E-state index contributed by atoms with van der Waals surface area (Å²) < 4.78 is 4.36. The minimum absolute atomic E-state index is 0.980. The lowest BCUT2D eigenvalue weighted by molar-refractivity contribution is -0.407. The molecular weight excluding hydrogens is 174 g/mol. The Morgan fingerprint density at radius 1 is 1.43 bits per heavy atom. The molecule has 0 N–H and O–H groups in total. The van der Waals surface area contributed by atoms with Crippen molar-refractivity contribution in [2.24, 2.45) is 0 Å². The quantitative estimate of drug-likeness (QED) is 0.572. The summed E-state index contributed by atoms with van der Waals surface area (Å²) in [5.74, 6) is 1.22. The van der Waals surface area contributed by atoms with E-state index in [9.17, 15) is 0 Å². The summed E-state index contributed by atoms with van der Waals surface area (Å²) in [6.45, 7) is 2.15. The molecule has 3 nitrogen and oxygen atoms in total. The molecule has 0 unspecified atom stereocenters. The molecule has 0 spiro atoms. The van der Waals surface area contributed by atoms with E-state index in [2.05, 4.69) is 34.1 Å². The van der Waals surface area contributed by atoms with E-state index in [1.165, 1.54) is 17.2 Å². The van der Waals surface area contributed by atoms with Crippen LogP contribution < -0.4 is 0 Å². The van der Waals surface area contributed by atoms with Gasteiger partial charge in [-0.05, 0) is 13.0 Å². The average Bonchev–Trinajstić information content (AvgIpc) is 2.65. The average molecular weight is 186 g/mol. The van der Waals surface area contributed by atoms with Crippen LogP contribution in [-0.4, -0.2) is 26.7 Å². The summed E-state index contributed by atoms with van der Waals surface area (Å²) in [6.07, 6.45) is 3.05. The van der Waals surface area contributed by atoms with Gasteiger partial charge in [0.25, 0.3) is 0 Å². The highest BCUT2D eigenvalue weighted by molar-refractivity contribution is 5.84. The van der Waals surface area contributed by atoms with Gasteiger partial charge in [0.15, 0.2) is 0 Å². The van der Waals surface area contributed by atoms with Gasteiger partial charge in [-0.3, -0.25) is 0 Å². The van der Waals surface area contributed by atoms with Gasteiger partial charge >= 0.3 is 5.82 Å². The maximum Gasteiger partial charge on any atom is 0.310 e. The number of pyridine rings is 1. The molecular formula is C11H12N3+. The molecule has 0 atom stereocenters. The van der Waals surface area contributed by atoms with Crippen molar-refractivity contribution in [1.82, 2.24) is 9.38 Å². The van der Waals surface area contributed by atoms with E-state index in [-0.39, 0.29) is 0 Å². The van der Waals surface area contributed by atoms with Crippen LogP contribution in [0.4, 0.5) is 5.82 Å². The Hall–Kier alpha value is -1.64. The maximum atomic E-state index is 4.59. The Morgan fingerprint density at radius 3 is 3.14 bits per heavy atom. The summed E-state index contributed by atoms with van der Waals surface area (Å²) >= 11 is 0. The Morgan fingerprint density at radius 2 is 2.29 bits per heavy atom. The van der Waals surface area contributed by atoms with Gasteiger partial charge < -0.3 is 0 Å². The SMILES string of the molecule is CC1=[N+](C)c2c(nc3ccccn23)C1. The van der Waals surface area contributed by atoms with E-state index < -0.39 is 0 Å². The lowest BCUT2D eigenvalue weighted by atomic mass is 10.3. The summed E-state index contributed by atoms with van der Waals surface area (Å²) in [7, 11) is 2.10. The first-order valence-corrected chi connectivity index (χ1v) is 4.79. The smallest absolute Gasteiger partial charge is 0.236 e. The molecule has 0 radical (unpaired) electrons. The number of rotatable bonds is 0. The van der Waals surface area contributed by atoms with Gasteiger partial charge in [0.1, 0.15) is 5.69 Å². The second-order valence-electron chi connectivity index (χ2n) is 3.78. The van der Waals surface area contributed by atoms with Crippen LogP contribution in [0, 0.1) is 0 Å². The van der Waals surface area contributed by atoms with Gasteiger partial charge in [0, 0.05) is 6.07 Å². The van der Waals surface area contributed by atoms with E-state index in [1.54, 1.807) is 0 Å². The van der Waals surface area contributed by atoms with Gasteiger partial charge in [-0.1, -0.05) is 6.07 Å². The second-order valence-corrected chi connectivity index (χ2v) is 3.78. The lowest BCUT2D eigenvalue weighted by Gasteiger charge is -1.94. The topological polar surface area (TPSA) is 20.3 Å². The largest absolute Gasteiger partial charge is 0.310 e. The molecule has 0 bridgehead atoms. The Kier molecular flexibility index (Phi) is 1.35. The van der Waals surface area contributed by atoms with Crippen molar-refractivity contribution < 1.29 is 4.58 Å². The zero-order valence-corrected chi connectivity index (χ0v) is 8.36. The first kappa shape index (κ1) is 7.74. The Balaban J connectivity index is 2.43. The van der Waals surface area contributed by atoms with E-state index in [0.29, 0.717) is 0 Å². The number of imidazole rings is 1. The fraction of sp³-hybridized carbons (Fsp3) is 0.273. The fourth-order valence-corrected chi connectivity index (χ4v) is 2.05. The van der Waals surface area contributed by atoms with Crippen LogP contribution in [-0.2, 0) is 6.42 Å². The van der Waals surface area contributed by atoms with Crippen molar-refractivity contribution >= 4 is 17.2 Å². The van der Waals surface area contributed by atoms with E-state index in [0.717, 1.165) is 12.1 Å². The van der Waals surface area contributed by atoms with Crippen molar-refractivity contribution in [2.45, 2.75) is 13.3 Å². The van der Waals surface area contributed by atoms with Gasteiger partial charge in [-0.15, -0.1) is 0 Å². The summed E-state index contributed by atoms with van der Waals surface area (Å²) in [4.78, 5) is 4.59. The number of hydrogen-bond donors (Lipinski definition) is 0. The molecule has 0 aliphatic carbocycles. The number of fused-ring (bicyclic) bond motifs is 3. The zero-order chi connectivity index (χ0) is 9.71. The van der Waals surface area contributed by atoms with Crippen molar-refractivity contribution in [3.05, 3.63) is 30.1 Å². The zero-order valence-electron chi connectivity index (χ0n) is 8.36. The second kappa shape index (κ2) is 2.44. The van der Waals surface area contributed by atoms with Gasteiger partial charge in [0.05, 0.1) is 25.4 Å². The van der Waals surface area contributed by atoms with Crippen molar-refractivity contribution in [2.75, 3.05) is 7.05 Å². The third-order valence-electron chi connectivity index (χ3n) is 2.89. The van der Waals surface area contributed by atoms with Gasteiger partial charge in [-0.2, -0.15) is 4.40 Å². The van der Waals surface area contributed by atoms with Gasteiger partial charge in [0.2, 0.25) is 5.65 Å². The van der Waals surface area contributed by atoms with E-state index >= 15 is 0 Å². The van der Waals surface area contributed by atoms with Crippen molar-refractivity contribution in [3.8, 4) is 0 Å². The molecule has 3 heterocycles. The third-order valence-corrected chi connectivity index (χ3v) is 2.89. The van der Waals surface area contributed by atoms with Crippen LogP contribution >= 0.6 is 0 Å². The molecule has 2 aromatic heterocycles. The number of hydrogen-bond acceptors (Lipinski definition) is 1. The van der Waals surface area contributed by atoms with Crippen molar-refractivity contribution in [1.29, 1.82) is 0 Å². The monoisotopic (exact) mass is 186 g/mol. The third kappa shape index (κ3) is 0.816. The molecule has 0 fully saturated rings. The minimum Gasteiger partial charge on any atom is -0.236 e. The fourth-order valence-electron chi connectivity index (χ4n) is 2.05. The summed E-state index contributed by atoms with van der Waals surface area (Å²) in [5.41, 5.74) is 3.59. The van der Waals surface area contributed by atoms with Crippen LogP contribution in [0.2, 0.25) is 0 Å². The Bertz CT molecular complexity index is 549. The van der Waals surface area contributed by atoms with Crippen LogP contribution in [0.3, 0.4) is 0 Å². The molecule has 2 aromatic rings. The van der Waals surface area contributed by atoms with E-state index in [4.69, 9.17) is 0 Å². The van der Waals surface area contributed by atoms with Crippen molar-refractivity contribution in [3.63, 3.8) is 0 Å². The number of nitrogens with zero attached hydrogens (tertiary/aromatic N) is 3. The van der Waals surface area contributed by atoms with Crippen LogP contribution in [0.15, 0.2) is 24.4 Å². The van der Waals surface area contributed by atoms with Gasteiger partial charge in [-0.25, -0.2) is 9.56 Å². The Labute approximate surface area is 82.3 Å². The highest BCUT2D eigenvalue weighted by Crippen LogP contribution is 2.25. The molecule has 0 aromatic carbocycles. The normalized spacial score (nSPS) is 15.3. The highest BCUT2D eigenvalue weighted by Gasteiger charge is 2.28. The summed E-state index contributed by atoms with van der Waals surface area (Å²) in [5, 5.41) is 0. The molecule has 14 heavy (non-hydrogen) atoms. The highest BCUT2D eigenvalue weighted by atomic mass is 15.2. The molecule has 1 aliphatic rings. The first-order chi connectivity index (χ1) is 6.77. The summed E-state index contributed by atoms with van der Waals surface area (Å²) in [6, 6.07) is 6.10. The maximum absolute atomic E-state index is 4.59. The molecule has 0 amide bonds. The predicted molar refractivity (Wildman–Crippen MR) is 55.4 cm³/mol. The molecule has 3 heteroatoms. The minimum atomic E-state index is 0.980. The molecule has 3 rings (SSSR count). The molecule has 0 saturated carbocycles. The van der Waals surface area contributed by atoms with E-state index in [1.807, 2.05) is 18.2 Å². The molecule has 0 saturated heterocycles. The molecule has 70 valence electrons. The van der Waals surface area contributed by atoms with Crippen LogP contribution in [0.1, 0.15) is 12.6 Å².